The molecule has 0 atom stereocenters. The van der Waals surface area contributed by atoms with Gasteiger partial charge in [0.25, 0.3) is 0 Å². The van der Waals surface area contributed by atoms with Crippen LogP contribution in [0.4, 0.5) is 0 Å². The minimum atomic E-state index is -0.410. The maximum Gasteiger partial charge on any atom is 0.230 e. The number of halogens is 1. The van der Waals surface area contributed by atoms with Crippen LogP contribution in [0, 0.1) is 0 Å². The highest BCUT2D eigenvalue weighted by Gasteiger charge is 2.52. The lowest BCUT2D eigenvalue weighted by atomic mass is 9.94. The first-order chi connectivity index (χ1) is 11.2. The Morgan fingerprint density at radius 3 is 2.52 bits per heavy atom. The van der Waals surface area contributed by atoms with E-state index in [0.29, 0.717) is 6.54 Å². The molecule has 4 heteroatoms. The SMILES string of the molecule is COc1ccccc1C1(C(=O)NCCc2ccc(Cl)cc2)CC1. The number of ether oxygens (including phenoxy) is 1. The van der Waals surface area contributed by atoms with E-state index < -0.39 is 5.41 Å². The Morgan fingerprint density at radius 2 is 1.87 bits per heavy atom. The van der Waals surface area contributed by atoms with E-state index >= 15 is 0 Å². The summed E-state index contributed by atoms with van der Waals surface area (Å²) in [6, 6.07) is 15.5. The number of rotatable bonds is 6. The number of para-hydroxylation sites is 1. The number of methoxy groups -OCH3 is 1. The maximum absolute atomic E-state index is 12.7. The average molecular weight is 330 g/mol. The van der Waals surface area contributed by atoms with Crippen molar-refractivity contribution < 1.29 is 9.53 Å². The van der Waals surface area contributed by atoms with Crippen molar-refractivity contribution in [2.75, 3.05) is 13.7 Å². The molecule has 0 heterocycles. The zero-order valence-electron chi connectivity index (χ0n) is 13.1. The van der Waals surface area contributed by atoms with Gasteiger partial charge in [0.2, 0.25) is 5.91 Å². The Kier molecular flexibility index (Phi) is 4.58. The summed E-state index contributed by atoms with van der Waals surface area (Å²) in [7, 11) is 1.65. The van der Waals surface area contributed by atoms with Gasteiger partial charge in [0.05, 0.1) is 12.5 Å². The van der Waals surface area contributed by atoms with Crippen molar-refractivity contribution in [2.24, 2.45) is 0 Å². The smallest absolute Gasteiger partial charge is 0.230 e. The fourth-order valence-corrected chi connectivity index (χ4v) is 3.05. The van der Waals surface area contributed by atoms with Crippen LogP contribution in [0.25, 0.3) is 0 Å². The van der Waals surface area contributed by atoms with Gasteiger partial charge in [0.1, 0.15) is 5.75 Å². The molecular weight excluding hydrogens is 310 g/mol. The highest BCUT2D eigenvalue weighted by molar-refractivity contribution is 6.30. The molecule has 0 aliphatic heterocycles. The number of carbonyl (C=O) groups excluding carboxylic acids is 1. The van der Waals surface area contributed by atoms with Crippen LogP contribution in [0.2, 0.25) is 5.02 Å². The van der Waals surface area contributed by atoms with Gasteiger partial charge < -0.3 is 10.1 Å². The number of nitrogens with one attached hydrogen (secondary N) is 1. The first-order valence-electron chi connectivity index (χ1n) is 7.82. The highest BCUT2D eigenvalue weighted by Crippen LogP contribution is 2.51. The predicted octanol–water partition coefficient (Wildman–Crippen LogP) is 3.74. The molecule has 1 saturated carbocycles. The van der Waals surface area contributed by atoms with Gasteiger partial charge in [-0.2, -0.15) is 0 Å². The van der Waals surface area contributed by atoms with E-state index in [1.54, 1.807) is 7.11 Å². The number of hydrogen-bond acceptors (Lipinski definition) is 2. The molecule has 0 spiro atoms. The van der Waals surface area contributed by atoms with Gasteiger partial charge in [-0.25, -0.2) is 0 Å². The largest absolute Gasteiger partial charge is 0.496 e. The minimum absolute atomic E-state index is 0.0935. The number of amides is 1. The molecular formula is C19H20ClNO2. The average Bonchev–Trinajstić information content (AvgIpc) is 3.38. The van der Waals surface area contributed by atoms with E-state index in [9.17, 15) is 4.79 Å². The summed E-state index contributed by atoms with van der Waals surface area (Å²) in [4.78, 5) is 12.7. The lowest BCUT2D eigenvalue weighted by molar-refractivity contribution is -0.123. The summed E-state index contributed by atoms with van der Waals surface area (Å²) in [6.45, 7) is 0.622. The lowest BCUT2D eigenvalue weighted by Gasteiger charge is -2.18. The summed E-state index contributed by atoms with van der Waals surface area (Å²) in [5, 5.41) is 3.80. The summed E-state index contributed by atoms with van der Waals surface area (Å²) in [6.07, 6.45) is 2.55. The number of hydrogen-bond donors (Lipinski definition) is 1. The highest BCUT2D eigenvalue weighted by atomic mass is 35.5. The van der Waals surface area contributed by atoms with Gasteiger partial charge in [0.15, 0.2) is 0 Å². The van der Waals surface area contributed by atoms with Gasteiger partial charge >= 0.3 is 0 Å². The molecule has 0 bridgehead atoms. The van der Waals surface area contributed by atoms with E-state index in [1.165, 1.54) is 0 Å². The molecule has 1 N–H and O–H groups in total. The second-order valence-corrected chi connectivity index (χ2v) is 6.35. The van der Waals surface area contributed by atoms with Crippen molar-refractivity contribution >= 4 is 17.5 Å². The van der Waals surface area contributed by atoms with Crippen LogP contribution in [0.15, 0.2) is 48.5 Å². The van der Waals surface area contributed by atoms with Crippen molar-refractivity contribution in [2.45, 2.75) is 24.7 Å². The monoisotopic (exact) mass is 329 g/mol. The van der Waals surface area contributed by atoms with Crippen LogP contribution < -0.4 is 10.1 Å². The predicted molar refractivity (Wildman–Crippen MR) is 92.1 cm³/mol. The van der Waals surface area contributed by atoms with Crippen LogP contribution in [0.1, 0.15) is 24.0 Å². The molecule has 1 aliphatic carbocycles. The van der Waals surface area contributed by atoms with Crippen molar-refractivity contribution in [1.29, 1.82) is 0 Å². The van der Waals surface area contributed by atoms with E-state index in [-0.39, 0.29) is 5.91 Å². The van der Waals surface area contributed by atoms with E-state index in [1.807, 2.05) is 48.5 Å². The molecule has 3 nitrogen and oxygen atoms in total. The Labute approximate surface area is 141 Å². The Bertz CT molecular complexity index is 693. The van der Waals surface area contributed by atoms with Gasteiger partial charge in [-0.05, 0) is 43.0 Å². The fourth-order valence-electron chi connectivity index (χ4n) is 2.92. The maximum atomic E-state index is 12.7. The summed E-state index contributed by atoms with van der Waals surface area (Å²) in [5.74, 6) is 0.883. The molecule has 0 radical (unpaired) electrons. The number of carbonyl (C=O) groups is 1. The Balaban J connectivity index is 1.63. The topological polar surface area (TPSA) is 38.3 Å². The second kappa shape index (κ2) is 6.63. The van der Waals surface area contributed by atoms with Gasteiger partial charge in [-0.3, -0.25) is 4.79 Å². The molecule has 2 aromatic carbocycles. The molecule has 1 fully saturated rings. The Hall–Kier alpha value is -2.00. The third-order valence-electron chi connectivity index (χ3n) is 4.42. The van der Waals surface area contributed by atoms with Crippen molar-refractivity contribution in [1.82, 2.24) is 5.32 Å². The van der Waals surface area contributed by atoms with E-state index in [4.69, 9.17) is 16.3 Å². The van der Waals surface area contributed by atoms with Crippen molar-refractivity contribution in [3.8, 4) is 5.75 Å². The normalized spacial score (nSPS) is 15.0. The molecule has 0 saturated heterocycles. The number of benzene rings is 2. The molecule has 0 unspecified atom stereocenters. The molecule has 0 aromatic heterocycles. The Morgan fingerprint density at radius 1 is 1.17 bits per heavy atom. The van der Waals surface area contributed by atoms with Crippen LogP contribution in [-0.4, -0.2) is 19.6 Å². The van der Waals surface area contributed by atoms with Crippen LogP contribution in [0.5, 0.6) is 5.75 Å². The van der Waals surface area contributed by atoms with Crippen LogP contribution in [-0.2, 0) is 16.6 Å². The quantitative estimate of drug-likeness (QED) is 0.876. The standard InChI is InChI=1S/C19H20ClNO2/c1-23-17-5-3-2-4-16(17)19(11-12-19)18(22)21-13-10-14-6-8-15(20)9-7-14/h2-9H,10-13H2,1H3,(H,21,22). The first kappa shape index (κ1) is 15.9. The molecule has 3 rings (SSSR count). The molecule has 23 heavy (non-hydrogen) atoms. The molecule has 2 aromatic rings. The van der Waals surface area contributed by atoms with E-state index in [0.717, 1.165) is 41.2 Å². The summed E-state index contributed by atoms with van der Waals surface area (Å²) < 4.78 is 5.41. The third-order valence-corrected chi connectivity index (χ3v) is 4.67. The van der Waals surface area contributed by atoms with Crippen molar-refractivity contribution in [3.63, 3.8) is 0 Å². The van der Waals surface area contributed by atoms with Gasteiger partial charge in [0, 0.05) is 17.1 Å². The zero-order valence-corrected chi connectivity index (χ0v) is 13.9. The molecule has 1 aliphatic rings. The van der Waals surface area contributed by atoms with Crippen LogP contribution in [0.3, 0.4) is 0 Å². The third kappa shape index (κ3) is 3.35. The zero-order chi connectivity index (χ0) is 16.3. The van der Waals surface area contributed by atoms with Gasteiger partial charge in [-0.1, -0.05) is 41.9 Å². The fraction of sp³-hybridized carbons (Fsp3) is 0.316. The first-order valence-corrected chi connectivity index (χ1v) is 8.20. The summed E-state index contributed by atoms with van der Waals surface area (Å²) >= 11 is 5.88. The lowest BCUT2D eigenvalue weighted by Crippen LogP contribution is -2.36. The molecule has 1 amide bonds. The molecule has 120 valence electrons. The second-order valence-electron chi connectivity index (χ2n) is 5.91. The van der Waals surface area contributed by atoms with Crippen LogP contribution >= 0.6 is 11.6 Å². The summed E-state index contributed by atoms with van der Waals surface area (Å²) in [5.41, 5.74) is 1.75. The minimum Gasteiger partial charge on any atom is -0.496 e. The van der Waals surface area contributed by atoms with Gasteiger partial charge in [-0.15, -0.1) is 0 Å². The van der Waals surface area contributed by atoms with Crippen molar-refractivity contribution in [3.05, 3.63) is 64.7 Å². The van der Waals surface area contributed by atoms with E-state index in [2.05, 4.69) is 5.32 Å².